The van der Waals surface area contributed by atoms with Crippen molar-refractivity contribution >= 4 is 16.7 Å². The first kappa shape index (κ1) is 15.1. The molecule has 1 aliphatic rings. The molecule has 110 valence electrons. The van der Waals surface area contributed by atoms with Gasteiger partial charge in [-0.2, -0.15) is 13.2 Å². The van der Waals surface area contributed by atoms with Crippen LogP contribution in [-0.4, -0.2) is 8.96 Å². The van der Waals surface area contributed by atoms with Gasteiger partial charge in [-0.25, -0.2) is 4.21 Å². The van der Waals surface area contributed by atoms with Crippen LogP contribution in [0.25, 0.3) is 5.70 Å². The van der Waals surface area contributed by atoms with E-state index in [-0.39, 0.29) is 0 Å². The quantitative estimate of drug-likeness (QED) is 0.887. The second-order valence-corrected chi connectivity index (χ2v) is 7.64. The minimum atomic E-state index is -4.37. The molecule has 1 aromatic carbocycles. The van der Waals surface area contributed by atoms with E-state index in [9.17, 15) is 17.4 Å². The van der Waals surface area contributed by atoms with Gasteiger partial charge in [0, 0.05) is 5.56 Å². The van der Waals surface area contributed by atoms with E-state index in [0.717, 1.165) is 17.7 Å². The highest BCUT2D eigenvalue weighted by Gasteiger charge is 2.32. The summed E-state index contributed by atoms with van der Waals surface area (Å²) < 4.78 is 52.6. The average Bonchev–Trinajstić information content (AvgIpc) is 2.69. The Labute approximate surface area is 118 Å². The molecule has 0 fully saturated rings. The molecule has 6 heteroatoms. The van der Waals surface area contributed by atoms with Gasteiger partial charge in [-0.1, -0.05) is 12.1 Å². The molecule has 2 nitrogen and oxygen atoms in total. The number of benzene rings is 1. The summed E-state index contributed by atoms with van der Waals surface area (Å²) in [6, 6.07) is 3.67. The minimum Gasteiger partial charge on any atom is -0.304 e. The first-order chi connectivity index (χ1) is 9.09. The van der Waals surface area contributed by atoms with Crippen molar-refractivity contribution in [1.29, 1.82) is 0 Å². The molecular weight excluding hydrogens is 287 g/mol. The summed E-state index contributed by atoms with van der Waals surface area (Å²) in [6.45, 7) is 5.41. The number of alkyl halides is 3. The summed E-state index contributed by atoms with van der Waals surface area (Å²) in [4.78, 5) is 0. The maximum absolute atomic E-state index is 12.7. The summed E-state index contributed by atoms with van der Waals surface area (Å²) >= 11 is 0. The Bertz CT molecular complexity index is 585. The lowest BCUT2D eigenvalue weighted by molar-refractivity contribution is -0.137. The number of allylic oxidation sites excluding steroid dienone is 1. The first-order valence-corrected chi connectivity index (χ1v) is 7.33. The van der Waals surface area contributed by atoms with Crippen molar-refractivity contribution in [1.82, 2.24) is 4.72 Å². The smallest absolute Gasteiger partial charge is 0.304 e. The zero-order valence-corrected chi connectivity index (χ0v) is 12.3. The van der Waals surface area contributed by atoms with Crippen LogP contribution in [-0.2, 0) is 23.6 Å². The van der Waals surface area contributed by atoms with E-state index in [0.29, 0.717) is 17.7 Å². The number of hydrogen-bond acceptors (Lipinski definition) is 1. The van der Waals surface area contributed by atoms with Crippen molar-refractivity contribution in [2.45, 2.75) is 38.1 Å². The number of halogens is 3. The summed E-state index contributed by atoms with van der Waals surface area (Å²) in [7, 11) is -1.36. The van der Waals surface area contributed by atoms with Crippen LogP contribution in [0.15, 0.2) is 24.3 Å². The Hall–Kier alpha value is -1.30. The highest BCUT2D eigenvalue weighted by molar-refractivity contribution is 7.84. The van der Waals surface area contributed by atoms with Crippen LogP contribution in [0.5, 0.6) is 0 Å². The molecule has 1 unspecified atom stereocenters. The van der Waals surface area contributed by atoms with E-state index in [1.165, 1.54) is 6.07 Å². The molecule has 0 heterocycles. The van der Waals surface area contributed by atoms with Crippen LogP contribution >= 0.6 is 0 Å². The van der Waals surface area contributed by atoms with Gasteiger partial charge >= 0.3 is 6.18 Å². The van der Waals surface area contributed by atoms with Crippen molar-refractivity contribution in [3.63, 3.8) is 0 Å². The van der Waals surface area contributed by atoms with Crippen LogP contribution < -0.4 is 4.72 Å². The maximum atomic E-state index is 12.7. The molecule has 2 rings (SSSR count). The van der Waals surface area contributed by atoms with Gasteiger partial charge in [-0.15, -0.1) is 0 Å². The molecule has 1 atom stereocenters. The lowest BCUT2D eigenvalue weighted by Crippen LogP contribution is -2.32. The molecule has 0 spiro atoms. The fraction of sp³-hybridized carbons (Fsp3) is 0.429. The molecule has 0 aromatic heterocycles. The van der Waals surface area contributed by atoms with Crippen LogP contribution in [0.1, 0.15) is 37.5 Å². The molecule has 1 aromatic rings. The largest absolute Gasteiger partial charge is 0.416 e. The van der Waals surface area contributed by atoms with Gasteiger partial charge in [0.1, 0.15) is 11.0 Å². The second-order valence-electron chi connectivity index (χ2n) is 5.67. The summed E-state index contributed by atoms with van der Waals surface area (Å²) in [5, 5.41) is 0. The van der Waals surface area contributed by atoms with E-state index < -0.39 is 27.5 Å². The Balaban J connectivity index is 2.30. The Kier molecular flexibility index (Phi) is 3.71. The van der Waals surface area contributed by atoms with Crippen LogP contribution in [0.2, 0.25) is 0 Å². The number of hydrogen-bond donors (Lipinski definition) is 1. The lowest BCUT2D eigenvalue weighted by atomic mass is 10.0. The Morgan fingerprint density at radius 1 is 1.20 bits per heavy atom. The molecule has 0 bridgehead atoms. The highest BCUT2D eigenvalue weighted by Crippen LogP contribution is 2.34. The predicted molar refractivity (Wildman–Crippen MR) is 74.2 cm³/mol. The summed E-state index contributed by atoms with van der Waals surface area (Å²) in [6.07, 6.45) is -2.04. The van der Waals surface area contributed by atoms with Crippen LogP contribution in [0.3, 0.4) is 0 Å². The fourth-order valence-corrected chi connectivity index (χ4v) is 2.55. The van der Waals surface area contributed by atoms with E-state index >= 15 is 0 Å². The van der Waals surface area contributed by atoms with E-state index in [2.05, 4.69) is 4.72 Å². The topological polar surface area (TPSA) is 29.1 Å². The van der Waals surface area contributed by atoms with Crippen LogP contribution in [0.4, 0.5) is 13.2 Å². The van der Waals surface area contributed by atoms with Gasteiger partial charge in [0.2, 0.25) is 0 Å². The Morgan fingerprint density at radius 2 is 1.85 bits per heavy atom. The molecule has 1 N–H and O–H groups in total. The number of nitrogens with one attached hydrogen (secondary N) is 1. The molecule has 1 aliphatic carbocycles. The third-order valence-electron chi connectivity index (χ3n) is 3.01. The van der Waals surface area contributed by atoms with Crippen molar-refractivity contribution in [2.24, 2.45) is 0 Å². The van der Waals surface area contributed by atoms with Crippen molar-refractivity contribution in [3.8, 4) is 0 Å². The summed E-state index contributed by atoms with van der Waals surface area (Å²) in [5.74, 6) is 0. The van der Waals surface area contributed by atoms with Gasteiger partial charge in [0.25, 0.3) is 0 Å². The molecular formula is C14H16F3NOS. The van der Waals surface area contributed by atoms with Gasteiger partial charge in [0.15, 0.2) is 0 Å². The standard InChI is InChI=1S/C14H16F3NOS/c1-13(2,3)20(19)18-12-7-5-9-4-6-10(8-11(9)12)14(15,16)17/h4,6-8,18H,5H2,1-3H3. The lowest BCUT2D eigenvalue weighted by Gasteiger charge is -2.20. The number of rotatable bonds is 2. The summed E-state index contributed by atoms with van der Waals surface area (Å²) in [5.41, 5.74) is 1.12. The van der Waals surface area contributed by atoms with Crippen molar-refractivity contribution in [3.05, 3.63) is 41.0 Å². The van der Waals surface area contributed by atoms with E-state index in [4.69, 9.17) is 0 Å². The SMILES string of the molecule is CC(C)(C)S(=O)NC1=CCc2ccc(C(F)(F)F)cc21. The first-order valence-electron chi connectivity index (χ1n) is 6.18. The highest BCUT2D eigenvalue weighted by atomic mass is 32.2. The predicted octanol–water partition coefficient (Wildman–Crippen LogP) is 3.65. The minimum absolute atomic E-state index is 0.481. The van der Waals surface area contributed by atoms with Crippen molar-refractivity contribution in [2.75, 3.05) is 0 Å². The number of fused-ring (bicyclic) bond motifs is 1. The molecule has 0 radical (unpaired) electrons. The fourth-order valence-electron chi connectivity index (χ4n) is 1.85. The third-order valence-corrected chi connectivity index (χ3v) is 4.53. The van der Waals surface area contributed by atoms with Crippen LogP contribution in [0, 0.1) is 0 Å². The van der Waals surface area contributed by atoms with Gasteiger partial charge in [-0.3, -0.25) is 0 Å². The molecule has 0 saturated carbocycles. The zero-order chi connectivity index (χ0) is 15.1. The molecule has 0 amide bonds. The van der Waals surface area contributed by atoms with Gasteiger partial charge < -0.3 is 4.72 Å². The zero-order valence-electron chi connectivity index (χ0n) is 11.5. The second kappa shape index (κ2) is 4.91. The maximum Gasteiger partial charge on any atom is 0.416 e. The van der Waals surface area contributed by atoms with Crippen molar-refractivity contribution < 1.29 is 17.4 Å². The molecule has 0 aliphatic heterocycles. The molecule has 20 heavy (non-hydrogen) atoms. The van der Waals surface area contributed by atoms with E-state index in [1.54, 1.807) is 26.8 Å². The van der Waals surface area contributed by atoms with Gasteiger partial charge in [-0.05, 0) is 44.9 Å². The normalized spacial score (nSPS) is 16.6. The monoisotopic (exact) mass is 303 g/mol. The van der Waals surface area contributed by atoms with Gasteiger partial charge in [0.05, 0.1) is 16.0 Å². The van der Waals surface area contributed by atoms with E-state index in [1.807, 2.05) is 0 Å². The molecule has 0 saturated heterocycles. The third kappa shape index (κ3) is 3.06. The Morgan fingerprint density at radius 3 is 2.40 bits per heavy atom. The average molecular weight is 303 g/mol.